The van der Waals surface area contributed by atoms with Gasteiger partial charge in [0.15, 0.2) is 10.3 Å². The quantitative estimate of drug-likeness (QED) is 0.833. The Kier molecular flexibility index (Phi) is 4.35. The van der Waals surface area contributed by atoms with Crippen molar-refractivity contribution in [3.63, 3.8) is 0 Å². The Balaban J connectivity index is 2.80. The van der Waals surface area contributed by atoms with Gasteiger partial charge in [-0.15, -0.1) is 10.2 Å². The van der Waals surface area contributed by atoms with Gasteiger partial charge in [-0.3, -0.25) is 0 Å². The first-order valence-corrected chi connectivity index (χ1v) is 7.19. The van der Waals surface area contributed by atoms with Crippen molar-refractivity contribution in [1.29, 1.82) is 0 Å². The van der Waals surface area contributed by atoms with Crippen LogP contribution in [0.1, 0.15) is 0 Å². The molecule has 1 rings (SSSR count). The highest BCUT2D eigenvalue weighted by atomic mass is 35.5. The highest BCUT2D eigenvalue weighted by Gasteiger charge is 2.11. The average molecular weight is 284 g/mol. The van der Waals surface area contributed by atoms with Gasteiger partial charge in [0.25, 0.3) is 0 Å². The van der Waals surface area contributed by atoms with Crippen LogP contribution in [0.5, 0.6) is 0 Å². The van der Waals surface area contributed by atoms with E-state index in [0.717, 1.165) is 0 Å². The standard InChI is InChI=1S/C8H11Cl2N3O2S/c1-13(3-4-16(2,14)15)6-5-7(9)11-12-8(6)10/h5H,3-4H2,1-2H3. The maximum atomic E-state index is 11.0. The Morgan fingerprint density at radius 1 is 1.38 bits per heavy atom. The zero-order valence-corrected chi connectivity index (χ0v) is 11.1. The van der Waals surface area contributed by atoms with Gasteiger partial charge in [0.2, 0.25) is 0 Å². The third-order valence-electron chi connectivity index (χ3n) is 1.91. The first-order chi connectivity index (χ1) is 7.29. The van der Waals surface area contributed by atoms with E-state index < -0.39 is 9.84 Å². The Morgan fingerprint density at radius 2 is 2.00 bits per heavy atom. The van der Waals surface area contributed by atoms with Crippen LogP contribution in [-0.2, 0) is 9.84 Å². The number of hydrogen-bond donors (Lipinski definition) is 0. The summed E-state index contributed by atoms with van der Waals surface area (Å²) in [7, 11) is -1.29. The molecule has 0 amide bonds. The van der Waals surface area contributed by atoms with Gasteiger partial charge < -0.3 is 4.90 Å². The molecule has 0 atom stereocenters. The lowest BCUT2D eigenvalue weighted by atomic mass is 10.4. The van der Waals surface area contributed by atoms with Crippen molar-refractivity contribution in [2.75, 3.05) is 30.5 Å². The molecule has 0 aliphatic rings. The highest BCUT2D eigenvalue weighted by Crippen LogP contribution is 2.23. The molecule has 0 spiro atoms. The fourth-order valence-electron chi connectivity index (χ4n) is 1.04. The van der Waals surface area contributed by atoms with E-state index in [0.29, 0.717) is 12.2 Å². The van der Waals surface area contributed by atoms with Crippen LogP contribution in [0, 0.1) is 0 Å². The fourth-order valence-corrected chi connectivity index (χ4v) is 2.02. The van der Waals surface area contributed by atoms with Gasteiger partial charge in [-0.1, -0.05) is 23.2 Å². The number of nitrogens with zero attached hydrogens (tertiary/aromatic N) is 3. The summed E-state index contributed by atoms with van der Waals surface area (Å²) in [5.41, 5.74) is 0.560. The molecule has 0 aliphatic carbocycles. The van der Waals surface area contributed by atoms with Crippen molar-refractivity contribution >= 4 is 38.7 Å². The lowest BCUT2D eigenvalue weighted by Gasteiger charge is -2.19. The molecular weight excluding hydrogens is 273 g/mol. The molecule has 8 heteroatoms. The summed E-state index contributed by atoms with van der Waals surface area (Å²) in [5.74, 6) is 0.0414. The molecule has 90 valence electrons. The minimum absolute atomic E-state index is 0.0414. The molecule has 5 nitrogen and oxygen atoms in total. The van der Waals surface area contributed by atoms with Crippen LogP contribution in [0.2, 0.25) is 10.3 Å². The van der Waals surface area contributed by atoms with E-state index in [2.05, 4.69) is 10.2 Å². The predicted molar refractivity (Wildman–Crippen MR) is 65.0 cm³/mol. The third-order valence-corrected chi connectivity index (χ3v) is 3.29. The van der Waals surface area contributed by atoms with E-state index in [1.54, 1.807) is 18.0 Å². The minimum atomic E-state index is -3.00. The van der Waals surface area contributed by atoms with Gasteiger partial charge in [0, 0.05) is 25.9 Å². The van der Waals surface area contributed by atoms with E-state index in [1.807, 2.05) is 0 Å². The summed E-state index contributed by atoms with van der Waals surface area (Å²) >= 11 is 11.5. The number of rotatable bonds is 4. The van der Waals surface area contributed by atoms with E-state index in [4.69, 9.17) is 23.2 Å². The molecule has 16 heavy (non-hydrogen) atoms. The smallest absolute Gasteiger partial charge is 0.175 e. The zero-order valence-electron chi connectivity index (χ0n) is 8.81. The second-order valence-corrected chi connectivity index (χ2v) is 6.40. The van der Waals surface area contributed by atoms with E-state index in [1.165, 1.54) is 6.26 Å². The summed E-state index contributed by atoms with van der Waals surface area (Å²) in [6.45, 7) is 0.320. The van der Waals surface area contributed by atoms with Crippen molar-refractivity contribution in [2.24, 2.45) is 0 Å². The second-order valence-electron chi connectivity index (χ2n) is 3.39. The van der Waals surface area contributed by atoms with Crippen molar-refractivity contribution in [3.8, 4) is 0 Å². The Morgan fingerprint density at radius 3 is 2.56 bits per heavy atom. The molecule has 1 heterocycles. The lowest BCUT2D eigenvalue weighted by Crippen LogP contribution is -2.25. The Labute approximate surface area is 104 Å². The van der Waals surface area contributed by atoms with Crippen LogP contribution < -0.4 is 4.90 Å². The average Bonchev–Trinajstić information content (AvgIpc) is 2.17. The van der Waals surface area contributed by atoms with Gasteiger partial charge in [-0.05, 0) is 0 Å². The van der Waals surface area contributed by atoms with Crippen molar-refractivity contribution in [1.82, 2.24) is 10.2 Å². The molecule has 0 fully saturated rings. The molecule has 0 saturated heterocycles. The first kappa shape index (κ1) is 13.5. The second kappa shape index (κ2) is 5.16. The van der Waals surface area contributed by atoms with E-state index >= 15 is 0 Å². The third kappa shape index (κ3) is 4.11. The summed E-state index contributed by atoms with van der Waals surface area (Å²) in [4.78, 5) is 1.67. The molecule has 1 aromatic rings. The van der Waals surface area contributed by atoms with Crippen LogP contribution >= 0.6 is 23.2 Å². The zero-order chi connectivity index (χ0) is 12.3. The molecule has 0 aromatic carbocycles. The normalized spacial score (nSPS) is 11.5. The molecular formula is C8H11Cl2N3O2S. The molecule has 0 unspecified atom stereocenters. The minimum Gasteiger partial charge on any atom is -0.371 e. The SMILES string of the molecule is CN(CCS(C)(=O)=O)c1cc(Cl)nnc1Cl. The molecule has 0 N–H and O–H groups in total. The van der Waals surface area contributed by atoms with Gasteiger partial charge in [0.05, 0.1) is 11.4 Å². The van der Waals surface area contributed by atoms with Crippen molar-refractivity contribution < 1.29 is 8.42 Å². The first-order valence-electron chi connectivity index (χ1n) is 4.37. The largest absolute Gasteiger partial charge is 0.371 e. The Hall–Kier alpha value is -0.590. The number of aromatic nitrogens is 2. The lowest BCUT2D eigenvalue weighted by molar-refractivity contribution is 0.601. The maximum absolute atomic E-state index is 11.0. The van der Waals surface area contributed by atoms with Crippen LogP contribution in [0.3, 0.4) is 0 Å². The maximum Gasteiger partial charge on any atom is 0.175 e. The predicted octanol–water partition coefficient (Wildman–Crippen LogP) is 1.26. The van der Waals surface area contributed by atoms with Gasteiger partial charge in [0.1, 0.15) is 9.84 Å². The highest BCUT2D eigenvalue weighted by molar-refractivity contribution is 7.90. The number of halogens is 2. The number of sulfone groups is 1. The molecule has 0 aliphatic heterocycles. The fraction of sp³-hybridized carbons (Fsp3) is 0.500. The number of hydrogen-bond acceptors (Lipinski definition) is 5. The van der Waals surface area contributed by atoms with Crippen molar-refractivity contribution in [3.05, 3.63) is 16.4 Å². The summed E-state index contributed by atoms with van der Waals surface area (Å²) < 4.78 is 22.0. The summed E-state index contributed by atoms with van der Waals surface area (Å²) in [6, 6.07) is 1.54. The van der Waals surface area contributed by atoms with E-state index in [-0.39, 0.29) is 16.1 Å². The summed E-state index contributed by atoms with van der Waals surface area (Å²) in [6.07, 6.45) is 1.18. The van der Waals surface area contributed by atoms with Crippen LogP contribution in [0.15, 0.2) is 6.07 Å². The topological polar surface area (TPSA) is 63.2 Å². The van der Waals surface area contributed by atoms with Gasteiger partial charge in [-0.25, -0.2) is 8.42 Å². The molecule has 1 aromatic heterocycles. The summed E-state index contributed by atoms with van der Waals surface area (Å²) in [5, 5.41) is 7.61. The van der Waals surface area contributed by atoms with E-state index in [9.17, 15) is 8.42 Å². The monoisotopic (exact) mass is 283 g/mol. The Bertz CT molecular complexity index is 478. The molecule has 0 radical (unpaired) electrons. The van der Waals surface area contributed by atoms with Gasteiger partial charge in [-0.2, -0.15) is 0 Å². The van der Waals surface area contributed by atoms with Crippen LogP contribution in [0.25, 0.3) is 0 Å². The van der Waals surface area contributed by atoms with Crippen molar-refractivity contribution in [2.45, 2.75) is 0 Å². The van der Waals surface area contributed by atoms with Gasteiger partial charge >= 0.3 is 0 Å². The number of anilines is 1. The molecule has 0 saturated carbocycles. The van der Waals surface area contributed by atoms with Crippen LogP contribution in [0.4, 0.5) is 5.69 Å². The molecule has 0 bridgehead atoms. The van der Waals surface area contributed by atoms with Crippen LogP contribution in [-0.4, -0.2) is 44.2 Å².